The summed E-state index contributed by atoms with van der Waals surface area (Å²) >= 11 is 6.02. The van der Waals surface area contributed by atoms with E-state index in [2.05, 4.69) is 21.3 Å². The smallest absolute Gasteiger partial charge is 0.257 e. The third-order valence-electron chi connectivity index (χ3n) is 7.32. The number of halogens is 1. The maximum absolute atomic E-state index is 11.8. The number of likely N-dealkylation sites (N-methyl/N-ethyl adjacent to an activating group) is 1. The number of allylic oxidation sites excluding steroid dienone is 1. The number of aromatic nitrogens is 1. The molecule has 1 saturated heterocycles. The van der Waals surface area contributed by atoms with Crippen molar-refractivity contribution in [1.29, 1.82) is 0 Å². The number of benzene rings is 2. The first-order chi connectivity index (χ1) is 18.4. The Kier molecular flexibility index (Phi) is 7.98. The Labute approximate surface area is 228 Å². The minimum absolute atomic E-state index is 0.0610. The summed E-state index contributed by atoms with van der Waals surface area (Å²) in [6, 6.07) is 17.1. The lowest BCUT2D eigenvalue weighted by atomic mass is 9.84. The molecule has 38 heavy (non-hydrogen) atoms. The van der Waals surface area contributed by atoms with Gasteiger partial charge in [0.25, 0.3) is 5.91 Å². The third-order valence-corrected chi connectivity index (χ3v) is 7.57. The highest BCUT2D eigenvalue weighted by atomic mass is 35.5. The molecule has 0 unspecified atom stereocenters. The molecule has 1 fully saturated rings. The molecule has 3 heterocycles. The van der Waals surface area contributed by atoms with E-state index in [4.69, 9.17) is 21.1 Å². The number of nitrogens with zero attached hydrogens (tertiary/aromatic N) is 2. The summed E-state index contributed by atoms with van der Waals surface area (Å²) in [4.78, 5) is 18.6. The molecule has 2 aromatic carbocycles. The minimum Gasteiger partial charge on any atom is -0.483 e. The van der Waals surface area contributed by atoms with Gasteiger partial charge in [-0.2, -0.15) is 0 Å². The molecular weight excluding hydrogens is 502 g/mol. The SMILES string of the molecule is CNC(=O)COc1cccc2c1C/C(=C/CCN1CCC(O)(c3ccc(Cl)cc3)CC1)c1cccnc1O2. The first-order valence-electron chi connectivity index (χ1n) is 12.9. The molecule has 0 radical (unpaired) electrons. The second kappa shape index (κ2) is 11.6. The van der Waals surface area contributed by atoms with Crippen molar-refractivity contribution in [1.82, 2.24) is 15.2 Å². The number of carbonyl (C=O) groups is 1. The fraction of sp³-hybridized carbons (Fsp3) is 0.333. The zero-order chi connectivity index (χ0) is 26.5. The molecule has 1 amide bonds. The van der Waals surface area contributed by atoms with Crippen LogP contribution in [0.25, 0.3) is 5.57 Å². The van der Waals surface area contributed by atoms with Gasteiger partial charge in [-0.05, 0) is 66.8 Å². The van der Waals surface area contributed by atoms with Gasteiger partial charge in [0.15, 0.2) is 6.61 Å². The van der Waals surface area contributed by atoms with Crippen molar-refractivity contribution in [3.8, 4) is 17.4 Å². The van der Waals surface area contributed by atoms with Crippen LogP contribution in [0.3, 0.4) is 0 Å². The van der Waals surface area contributed by atoms with Gasteiger partial charge >= 0.3 is 0 Å². The van der Waals surface area contributed by atoms with E-state index >= 15 is 0 Å². The Morgan fingerprint density at radius 3 is 2.74 bits per heavy atom. The molecule has 3 aromatic rings. The number of piperidine rings is 1. The summed E-state index contributed by atoms with van der Waals surface area (Å²) in [6.45, 7) is 2.47. The zero-order valence-corrected chi connectivity index (χ0v) is 22.2. The van der Waals surface area contributed by atoms with Gasteiger partial charge in [-0.3, -0.25) is 4.79 Å². The molecule has 0 spiro atoms. The molecule has 198 valence electrons. The second-order valence-electron chi connectivity index (χ2n) is 9.73. The number of amides is 1. The highest BCUT2D eigenvalue weighted by molar-refractivity contribution is 6.30. The number of likely N-dealkylation sites (tertiary alicyclic amines) is 1. The van der Waals surface area contributed by atoms with Crippen LogP contribution in [0.2, 0.25) is 5.02 Å². The minimum atomic E-state index is -0.808. The molecule has 2 aliphatic rings. The number of carbonyl (C=O) groups excluding carboxylic acids is 1. The lowest BCUT2D eigenvalue weighted by Crippen LogP contribution is -2.42. The van der Waals surface area contributed by atoms with Crippen LogP contribution < -0.4 is 14.8 Å². The van der Waals surface area contributed by atoms with Crippen LogP contribution in [0, 0.1) is 0 Å². The number of nitrogens with one attached hydrogen (secondary N) is 1. The maximum atomic E-state index is 11.8. The Morgan fingerprint density at radius 1 is 1.18 bits per heavy atom. The number of ether oxygens (including phenoxy) is 2. The topological polar surface area (TPSA) is 83.9 Å². The van der Waals surface area contributed by atoms with E-state index < -0.39 is 5.60 Å². The molecule has 0 aliphatic carbocycles. The van der Waals surface area contributed by atoms with Crippen LogP contribution in [-0.2, 0) is 16.8 Å². The molecule has 5 rings (SSSR count). The predicted octanol–water partition coefficient (Wildman–Crippen LogP) is 4.97. The fourth-order valence-corrected chi connectivity index (χ4v) is 5.20. The lowest BCUT2D eigenvalue weighted by Gasteiger charge is -2.38. The summed E-state index contributed by atoms with van der Waals surface area (Å²) < 4.78 is 12.0. The maximum Gasteiger partial charge on any atom is 0.257 e. The molecule has 0 bridgehead atoms. The van der Waals surface area contributed by atoms with E-state index in [0.29, 0.717) is 41.7 Å². The van der Waals surface area contributed by atoms with Crippen LogP contribution in [-0.4, -0.2) is 54.2 Å². The largest absolute Gasteiger partial charge is 0.483 e. The Morgan fingerprint density at radius 2 is 1.97 bits per heavy atom. The Hall–Kier alpha value is -3.39. The Balaban J connectivity index is 1.29. The lowest BCUT2D eigenvalue weighted by molar-refractivity contribution is -0.122. The highest BCUT2D eigenvalue weighted by Gasteiger charge is 2.33. The van der Waals surface area contributed by atoms with Crippen molar-refractivity contribution >= 4 is 23.1 Å². The molecule has 1 aromatic heterocycles. The molecular formula is C30H32ClN3O4. The predicted molar refractivity (Wildman–Crippen MR) is 148 cm³/mol. The van der Waals surface area contributed by atoms with Crippen molar-refractivity contribution in [3.63, 3.8) is 0 Å². The van der Waals surface area contributed by atoms with Gasteiger partial charge in [0.1, 0.15) is 11.5 Å². The van der Waals surface area contributed by atoms with Crippen molar-refractivity contribution in [2.75, 3.05) is 33.3 Å². The van der Waals surface area contributed by atoms with Crippen LogP contribution >= 0.6 is 11.6 Å². The molecule has 2 aliphatic heterocycles. The average Bonchev–Trinajstić information content (AvgIpc) is 3.10. The third kappa shape index (κ3) is 5.85. The van der Waals surface area contributed by atoms with Gasteiger partial charge in [0.05, 0.1) is 5.60 Å². The standard InChI is InChI=1S/C30H32ClN3O4/c1-32-28(35)20-37-26-7-2-8-27-25(26)19-21(24-6-3-15-33-29(24)38-27)5-4-16-34-17-13-30(36,14-18-34)22-9-11-23(31)12-10-22/h2-3,5-12,15,36H,4,13-14,16-20H2,1H3,(H,32,35)/b21-5-. The monoisotopic (exact) mass is 533 g/mol. The molecule has 0 saturated carbocycles. The highest BCUT2D eigenvalue weighted by Crippen LogP contribution is 2.41. The fourth-order valence-electron chi connectivity index (χ4n) is 5.07. The number of fused-ring (bicyclic) bond motifs is 2. The van der Waals surface area contributed by atoms with Crippen LogP contribution in [0.4, 0.5) is 0 Å². The average molecular weight is 534 g/mol. The van der Waals surface area contributed by atoms with Crippen molar-refractivity contribution in [3.05, 3.63) is 88.6 Å². The number of rotatable bonds is 7. The van der Waals surface area contributed by atoms with E-state index in [1.54, 1.807) is 13.2 Å². The number of aliphatic hydroxyl groups is 1. The van der Waals surface area contributed by atoms with Gasteiger partial charge in [0.2, 0.25) is 5.88 Å². The van der Waals surface area contributed by atoms with E-state index in [1.807, 2.05) is 54.6 Å². The van der Waals surface area contributed by atoms with Crippen molar-refractivity contribution in [2.24, 2.45) is 0 Å². The summed E-state index contributed by atoms with van der Waals surface area (Å²) in [5.41, 5.74) is 3.08. The van der Waals surface area contributed by atoms with Crippen LogP contribution in [0.15, 0.2) is 66.9 Å². The molecule has 7 nitrogen and oxygen atoms in total. The van der Waals surface area contributed by atoms with Crippen LogP contribution in [0.5, 0.6) is 17.4 Å². The van der Waals surface area contributed by atoms with E-state index in [-0.39, 0.29) is 12.5 Å². The van der Waals surface area contributed by atoms with E-state index in [9.17, 15) is 9.90 Å². The summed E-state index contributed by atoms with van der Waals surface area (Å²) in [5.74, 6) is 1.68. The number of pyridine rings is 1. The molecule has 2 N–H and O–H groups in total. The number of hydrogen-bond donors (Lipinski definition) is 2. The van der Waals surface area contributed by atoms with Gasteiger partial charge < -0.3 is 24.8 Å². The normalized spacial score (nSPS) is 17.6. The summed E-state index contributed by atoms with van der Waals surface area (Å²) in [7, 11) is 1.59. The van der Waals surface area contributed by atoms with Crippen molar-refractivity contribution < 1.29 is 19.4 Å². The van der Waals surface area contributed by atoms with E-state index in [0.717, 1.165) is 48.3 Å². The molecule has 0 atom stereocenters. The summed E-state index contributed by atoms with van der Waals surface area (Å²) in [6.07, 6.45) is 6.79. The van der Waals surface area contributed by atoms with E-state index in [1.165, 1.54) is 0 Å². The van der Waals surface area contributed by atoms with Gasteiger partial charge in [-0.25, -0.2) is 4.98 Å². The quantitative estimate of drug-likeness (QED) is 0.446. The van der Waals surface area contributed by atoms with Crippen molar-refractivity contribution in [2.45, 2.75) is 31.3 Å². The van der Waals surface area contributed by atoms with Gasteiger partial charge in [-0.15, -0.1) is 0 Å². The Bertz CT molecular complexity index is 1320. The van der Waals surface area contributed by atoms with Gasteiger partial charge in [0, 0.05) is 55.4 Å². The second-order valence-corrected chi connectivity index (χ2v) is 10.2. The number of hydrogen-bond acceptors (Lipinski definition) is 6. The summed E-state index contributed by atoms with van der Waals surface area (Å²) in [5, 5.41) is 14.5. The molecule has 8 heteroatoms. The van der Waals surface area contributed by atoms with Gasteiger partial charge in [-0.1, -0.05) is 35.9 Å². The zero-order valence-electron chi connectivity index (χ0n) is 21.5. The van der Waals surface area contributed by atoms with Crippen LogP contribution in [0.1, 0.15) is 36.0 Å². The first kappa shape index (κ1) is 26.2. The first-order valence-corrected chi connectivity index (χ1v) is 13.3.